The van der Waals surface area contributed by atoms with E-state index in [1.807, 2.05) is 73.7 Å². The molecule has 1 aliphatic rings. The van der Waals surface area contributed by atoms with Gasteiger partial charge in [-0.2, -0.15) is 4.31 Å². The number of nitrogens with zero attached hydrogens (tertiary/aromatic N) is 2. The summed E-state index contributed by atoms with van der Waals surface area (Å²) in [4.78, 5) is 27.7. The smallest absolute Gasteiger partial charge is 0.318 e. The van der Waals surface area contributed by atoms with Gasteiger partial charge in [-0.1, -0.05) is 78.4 Å². The van der Waals surface area contributed by atoms with Gasteiger partial charge in [0.05, 0.1) is 4.90 Å². The number of piperazine rings is 1. The maximum absolute atomic E-state index is 13.1. The van der Waals surface area contributed by atoms with Gasteiger partial charge < -0.3 is 9.64 Å². The van der Waals surface area contributed by atoms with E-state index >= 15 is 0 Å². The zero-order chi connectivity index (χ0) is 25.7. The summed E-state index contributed by atoms with van der Waals surface area (Å²) in [6.45, 7) is 4.16. The third-order valence-electron chi connectivity index (χ3n) is 6.38. The van der Waals surface area contributed by atoms with Crippen molar-refractivity contribution in [3.8, 4) is 0 Å². The molecule has 0 atom stereocenters. The maximum Gasteiger partial charge on any atom is 0.318 e. The molecule has 0 unspecified atom stereocenters. The number of ether oxygens (including phenoxy) is 1. The molecule has 0 aromatic heterocycles. The Morgan fingerprint density at radius 2 is 1.39 bits per heavy atom. The van der Waals surface area contributed by atoms with Crippen molar-refractivity contribution in [2.24, 2.45) is 0 Å². The second-order valence-electron chi connectivity index (χ2n) is 8.92. The molecule has 8 heteroatoms. The van der Waals surface area contributed by atoms with Crippen LogP contribution in [0.5, 0.6) is 0 Å². The van der Waals surface area contributed by atoms with Gasteiger partial charge in [0.25, 0.3) is 5.91 Å². The molecule has 0 N–H and O–H groups in total. The summed E-state index contributed by atoms with van der Waals surface area (Å²) in [7, 11) is -3.65. The molecule has 0 aliphatic carbocycles. The highest BCUT2D eigenvalue weighted by atomic mass is 32.2. The molecular formula is C28H30N2O5S. The van der Waals surface area contributed by atoms with Crippen molar-refractivity contribution in [1.82, 2.24) is 9.21 Å². The lowest BCUT2D eigenvalue weighted by Crippen LogP contribution is -2.51. The Labute approximate surface area is 212 Å². The van der Waals surface area contributed by atoms with Crippen molar-refractivity contribution in [3.05, 3.63) is 101 Å². The highest BCUT2D eigenvalue weighted by molar-refractivity contribution is 7.89. The lowest BCUT2D eigenvalue weighted by atomic mass is 9.91. The van der Waals surface area contributed by atoms with Crippen LogP contribution in [0, 0.1) is 13.8 Å². The minimum atomic E-state index is -3.65. The van der Waals surface area contributed by atoms with Crippen LogP contribution in [-0.4, -0.2) is 62.3 Å². The molecule has 1 fully saturated rings. The zero-order valence-corrected chi connectivity index (χ0v) is 21.3. The second-order valence-corrected chi connectivity index (χ2v) is 10.8. The van der Waals surface area contributed by atoms with Crippen molar-refractivity contribution < 1.29 is 22.7 Å². The van der Waals surface area contributed by atoms with Crippen molar-refractivity contribution in [2.75, 3.05) is 32.8 Å². The molecule has 3 aromatic rings. The first-order chi connectivity index (χ1) is 17.3. The largest absolute Gasteiger partial charge is 0.455 e. The van der Waals surface area contributed by atoms with Gasteiger partial charge >= 0.3 is 5.97 Å². The second kappa shape index (κ2) is 11.1. The average molecular weight is 507 g/mol. The predicted octanol–water partition coefficient (Wildman–Crippen LogP) is 3.51. The molecule has 1 amide bonds. The molecule has 0 bridgehead atoms. The normalized spacial score (nSPS) is 14.6. The Kier molecular flexibility index (Phi) is 7.86. The molecule has 0 radical (unpaired) electrons. The van der Waals surface area contributed by atoms with Crippen LogP contribution in [0.4, 0.5) is 0 Å². The number of esters is 1. The Morgan fingerprint density at radius 3 is 1.92 bits per heavy atom. The fourth-order valence-corrected chi connectivity index (χ4v) is 6.10. The van der Waals surface area contributed by atoms with Crippen molar-refractivity contribution in [3.63, 3.8) is 0 Å². The Morgan fingerprint density at radius 1 is 0.833 bits per heavy atom. The fourth-order valence-electron chi connectivity index (χ4n) is 4.47. The molecule has 1 aliphatic heterocycles. The summed E-state index contributed by atoms with van der Waals surface area (Å²) in [5, 5.41) is 0. The van der Waals surface area contributed by atoms with E-state index in [0.29, 0.717) is 5.56 Å². The predicted molar refractivity (Wildman–Crippen MR) is 137 cm³/mol. The molecule has 1 heterocycles. The lowest BCUT2D eigenvalue weighted by Gasteiger charge is -2.34. The minimum absolute atomic E-state index is 0.186. The molecule has 7 nitrogen and oxygen atoms in total. The SMILES string of the molecule is Cc1ccc(S(=O)(=O)N2CCN(C(=O)COC(=O)C(c3ccccc3)c3ccccc3)CC2)c(C)c1. The van der Waals surface area contributed by atoms with Gasteiger partial charge in [0, 0.05) is 26.2 Å². The van der Waals surface area contributed by atoms with E-state index < -0.39 is 28.5 Å². The van der Waals surface area contributed by atoms with Crippen molar-refractivity contribution in [1.29, 1.82) is 0 Å². The molecule has 4 rings (SSSR count). The van der Waals surface area contributed by atoms with E-state index in [0.717, 1.165) is 16.7 Å². The average Bonchev–Trinajstić information content (AvgIpc) is 2.88. The Bertz CT molecular complexity index is 1280. The number of sulfonamides is 1. The number of carbonyl (C=O) groups excluding carboxylic acids is 2. The van der Waals surface area contributed by atoms with Crippen LogP contribution in [-0.2, 0) is 24.3 Å². The number of benzene rings is 3. The summed E-state index contributed by atoms with van der Waals surface area (Å²) < 4.78 is 33.1. The topological polar surface area (TPSA) is 84.0 Å². The maximum atomic E-state index is 13.1. The fraction of sp³-hybridized carbons (Fsp3) is 0.286. The van der Waals surface area contributed by atoms with Crippen LogP contribution in [0.15, 0.2) is 83.8 Å². The van der Waals surface area contributed by atoms with Crippen LogP contribution < -0.4 is 0 Å². The van der Waals surface area contributed by atoms with Gasteiger partial charge in [-0.3, -0.25) is 9.59 Å². The number of aryl methyl sites for hydroxylation is 2. The van der Waals surface area contributed by atoms with Crippen molar-refractivity contribution in [2.45, 2.75) is 24.7 Å². The molecule has 0 saturated carbocycles. The first kappa shape index (κ1) is 25.6. The van der Waals surface area contributed by atoms with Crippen LogP contribution in [0.1, 0.15) is 28.2 Å². The molecular weight excluding hydrogens is 476 g/mol. The summed E-state index contributed by atoms with van der Waals surface area (Å²) in [6, 6.07) is 23.9. The third-order valence-corrected chi connectivity index (χ3v) is 8.44. The van der Waals surface area contributed by atoms with E-state index in [-0.39, 0.29) is 37.0 Å². The van der Waals surface area contributed by atoms with Gasteiger partial charge in [-0.05, 0) is 36.6 Å². The van der Waals surface area contributed by atoms with E-state index in [4.69, 9.17) is 4.74 Å². The van der Waals surface area contributed by atoms with Gasteiger partial charge in [0.15, 0.2) is 6.61 Å². The summed E-state index contributed by atoms with van der Waals surface area (Å²) in [6.07, 6.45) is 0. The number of hydrogen-bond acceptors (Lipinski definition) is 5. The van der Waals surface area contributed by atoms with E-state index in [1.165, 1.54) is 4.31 Å². The number of hydrogen-bond donors (Lipinski definition) is 0. The molecule has 36 heavy (non-hydrogen) atoms. The van der Waals surface area contributed by atoms with Crippen molar-refractivity contribution >= 4 is 21.9 Å². The standard InChI is InChI=1S/C28H30N2O5S/c1-21-13-14-25(22(2)19-21)36(33,34)30-17-15-29(16-18-30)26(31)20-35-28(32)27(23-9-5-3-6-10-23)24-11-7-4-8-12-24/h3-14,19,27H,15-18,20H2,1-2H3. The van der Waals surface area contributed by atoms with Crippen LogP contribution >= 0.6 is 0 Å². The first-order valence-electron chi connectivity index (χ1n) is 11.9. The van der Waals surface area contributed by atoms with Gasteiger partial charge in [-0.15, -0.1) is 0 Å². The quantitative estimate of drug-likeness (QED) is 0.458. The molecule has 188 valence electrons. The molecule has 1 saturated heterocycles. The van der Waals surface area contributed by atoms with Crippen LogP contribution in [0.25, 0.3) is 0 Å². The summed E-state index contributed by atoms with van der Waals surface area (Å²) >= 11 is 0. The highest BCUT2D eigenvalue weighted by Gasteiger charge is 2.32. The minimum Gasteiger partial charge on any atom is -0.455 e. The summed E-state index contributed by atoms with van der Waals surface area (Å²) in [5.74, 6) is -1.48. The first-order valence-corrected chi connectivity index (χ1v) is 13.3. The van der Waals surface area contributed by atoms with E-state index in [1.54, 1.807) is 24.0 Å². The molecule has 0 spiro atoms. The number of rotatable bonds is 7. The highest BCUT2D eigenvalue weighted by Crippen LogP contribution is 2.26. The van der Waals surface area contributed by atoms with E-state index in [2.05, 4.69) is 0 Å². The third kappa shape index (κ3) is 5.66. The van der Waals surface area contributed by atoms with Gasteiger partial charge in [0.1, 0.15) is 5.92 Å². The zero-order valence-electron chi connectivity index (χ0n) is 20.5. The number of carbonyl (C=O) groups is 2. The molecule has 3 aromatic carbocycles. The number of amides is 1. The van der Waals surface area contributed by atoms with E-state index in [9.17, 15) is 18.0 Å². The van der Waals surface area contributed by atoms with Gasteiger partial charge in [-0.25, -0.2) is 8.42 Å². The van der Waals surface area contributed by atoms with Crippen LogP contribution in [0.2, 0.25) is 0 Å². The Hall–Kier alpha value is -3.49. The Balaban J connectivity index is 1.37. The summed E-state index contributed by atoms with van der Waals surface area (Å²) in [5.41, 5.74) is 3.27. The van der Waals surface area contributed by atoms with Gasteiger partial charge in [0.2, 0.25) is 10.0 Å². The monoisotopic (exact) mass is 506 g/mol. The van der Waals surface area contributed by atoms with Crippen LogP contribution in [0.3, 0.4) is 0 Å². The lowest BCUT2D eigenvalue weighted by molar-refractivity contribution is -0.153.